The van der Waals surface area contributed by atoms with Gasteiger partial charge >= 0.3 is 5.97 Å². The van der Waals surface area contributed by atoms with E-state index in [4.69, 9.17) is 18.8 Å². The van der Waals surface area contributed by atoms with Crippen molar-refractivity contribution in [2.45, 2.75) is 38.6 Å². The molecule has 0 saturated heterocycles. The minimum atomic E-state index is -3.99. The zero-order valence-corrected chi connectivity index (χ0v) is 18.9. The number of carboxylic acids is 1. The van der Waals surface area contributed by atoms with E-state index < -0.39 is 16.1 Å². The Kier molecular flexibility index (Phi) is 8.56. The molecule has 3 aromatic rings. The summed E-state index contributed by atoms with van der Waals surface area (Å²) in [5, 5.41) is 8.69. The van der Waals surface area contributed by atoms with Crippen LogP contribution in [0.25, 0.3) is 23.3 Å². The minimum Gasteiger partial charge on any atom is -0.493 e. The number of nitrogens with zero attached hydrogens (tertiary/aromatic N) is 2. The van der Waals surface area contributed by atoms with Gasteiger partial charge in [-0.25, -0.2) is 9.55 Å². The Labute approximate surface area is 192 Å². The largest absolute Gasteiger partial charge is 0.493 e. The molecule has 0 bridgehead atoms. The predicted octanol–water partition coefficient (Wildman–Crippen LogP) is 3.59. The van der Waals surface area contributed by atoms with Crippen molar-refractivity contribution < 1.29 is 36.6 Å². The molecule has 0 aliphatic heterocycles. The number of hydrogen-bond donors (Lipinski definition) is 2. The summed E-state index contributed by atoms with van der Waals surface area (Å²) in [6.45, 7) is 0.969. The Balaban J connectivity index is 1.55. The molecule has 1 aromatic carbocycles. The molecule has 2 heterocycles. The lowest BCUT2D eigenvalue weighted by Crippen LogP contribution is -2.32. The van der Waals surface area contributed by atoms with Crippen molar-refractivity contribution >= 4 is 39.3 Å². The molecule has 0 amide bonds. The van der Waals surface area contributed by atoms with Crippen LogP contribution in [0.2, 0.25) is 0 Å². The second-order valence-electron chi connectivity index (χ2n) is 7.58. The van der Waals surface area contributed by atoms with Gasteiger partial charge in [0.2, 0.25) is 5.89 Å². The van der Waals surface area contributed by atoms with Crippen LogP contribution in [0.1, 0.15) is 43.6 Å². The van der Waals surface area contributed by atoms with Crippen LogP contribution in [-0.4, -0.2) is 41.4 Å². The number of unbranched alkanes of at least 4 members (excludes halogenated alkanes) is 2. The lowest BCUT2D eigenvalue weighted by Gasteiger charge is -2.04. The highest BCUT2D eigenvalue weighted by molar-refractivity contribution is 7.85. The van der Waals surface area contributed by atoms with Crippen LogP contribution < -0.4 is 9.30 Å². The predicted molar refractivity (Wildman–Crippen MR) is 122 cm³/mol. The zero-order chi connectivity index (χ0) is 23.7. The summed E-state index contributed by atoms with van der Waals surface area (Å²) in [6.07, 6.45) is 10.5. The fraction of sp³-hybridized carbons (Fsp3) is 0.348. The number of carboxylic acid groups (broad SMARTS) is 1. The van der Waals surface area contributed by atoms with Gasteiger partial charge in [0.25, 0.3) is 10.1 Å². The van der Waals surface area contributed by atoms with Crippen LogP contribution >= 0.6 is 0 Å². The SMILES string of the molecule is O=C(O)CCCCC[n+]1cccc(/C=C/c2nc3ccc(OCCCS(=O)(=O)O)cc3o2)c1. The van der Waals surface area contributed by atoms with E-state index in [1.807, 2.05) is 30.6 Å². The molecule has 3 rings (SSSR count). The minimum absolute atomic E-state index is 0.153. The Morgan fingerprint density at radius 2 is 2.00 bits per heavy atom. The summed E-state index contributed by atoms with van der Waals surface area (Å²) in [5.74, 6) is -0.139. The summed E-state index contributed by atoms with van der Waals surface area (Å²) in [5.41, 5.74) is 2.20. The number of aryl methyl sites for hydroxylation is 1. The molecule has 33 heavy (non-hydrogen) atoms. The first kappa shape index (κ1) is 24.4. The molecule has 2 N–H and O–H groups in total. The van der Waals surface area contributed by atoms with Gasteiger partial charge in [0.05, 0.1) is 12.4 Å². The number of oxazole rings is 1. The molecular formula is C23H27N2O7S+. The van der Waals surface area contributed by atoms with E-state index in [2.05, 4.69) is 9.55 Å². The molecule has 2 aromatic heterocycles. The standard InChI is InChI=1S/C23H26N2O7S/c26-23(27)7-2-1-3-12-25-13-4-6-18(17-25)8-11-22-24-20-10-9-19(16-21(20)32-22)31-14-5-15-33(28,29)30/h4,6,8-11,13,16-17H,1-3,5,7,12,14-15H2,(H-,26,27,28,29,30)/p+1/b11-8+. The summed E-state index contributed by atoms with van der Waals surface area (Å²) >= 11 is 0. The van der Waals surface area contributed by atoms with Gasteiger partial charge in [0.15, 0.2) is 18.0 Å². The average molecular weight is 476 g/mol. The van der Waals surface area contributed by atoms with Crippen molar-refractivity contribution in [1.29, 1.82) is 0 Å². The third-order valence-electron chi connectivity index (χ3n) is 4.80. The third kappa shape index (κ3) is 8.66. The Hall–Kier alpha value is -3.24. The van der Waals surface area contributed by atoms with Crippen molar-refractivity contribution in [2.24, 2.45) is 0 Å². The highest BCUT2D eigenvalue weighted by Crippen LogP contribution is 2.23. The van der Waals surface area contributed by atoms with E-state index >= 15 is 0 Å². The van der Waals surface area contributed by atoms with Crippen LogP contribution in [-0.2, 0) is 21.5 Å². The fourth-order valence-electron chi connectivity index (χ4n) is 3.21. The summed E-state index contributed by atoms with van der Waals surface area (Å²) in [6, 6.07) is 9.10. The van der Waals surface area contributed by atoms with Gasteiger partial charge in [-0.3, -0.25) is 9.35 Å². The first-order valence-corrected chi connectivity index (χ1v) is 12.3. The lowest BCUT2D eigenvalue weighted by molar-refractivity contribution is -0.697. The van der Waals surface area contributed by atoms with E-state index in [9.17, 15) is 13.2 Å². The van der Waals surface area contributed by atoms with E-state index in [0.29, 0.717) is 29.2 Å². The number of benzene rings is 1. The molecule has 0 spiro atoms. The summed E-state index contributed by atoms with van der Waals surface area (Å²) in [7, 11) is -3.99. The van der Waals surface area contributed by atoms with Gasteiger partial charge in [0, 0.05) is 36.6 Å². The molecule has 0 aliphatic carbocycles. The van der Waals surface area contributed by atoms with Crippen LogP contribution in [0.4, 0.5) is 0 Å². The number of aromatic nitrogens is 2. The summed E-state index contributed by atoms with van der Waals surface area (Å²) < 4.78 is 43.6. The quantitative estimate of drug-likeness (QED) is 0.218. The van der Waals surface area contributed by atoms with Crippen LogP contribution in [0.3, 0.4) is 0 Å². The summed E-state index contributed by atoms with van der Waals surface area (Å²) in [4.78, 5) is 15.0. The normalized spacial score (nSPS) is 11.9. The maximum atomic E-state index is 10.7. The zero-order valence-electron chi connectivity index (χ0n) is 18.1. The molecule has 0 aliphatic rings. The number of aliphatic carboxylic acids is 1. The van der Waals surface area contributed by atoms with Crippen LogP contribution in [0.15, 0.2) is 47.1 Å². The number of pyridine rings is 1. The average Bonchev–Trinajstić information content (AvgIpc) is 3.17. The first-order valence-electron chi connectivity index (χ1n) is 10.7. The van der Waals surface area contributed by atoms with E-state index in [0.717, 1.165) is 24.9 Å². The van der Waals surface area contributed by atoms with Crippen LogP contribution in [0, 0.1) is 0 Å². The first-order chi connectivity index (χ1) is 15.8. The van der Waals surface area contributed by atoms with Crippen molar-refractivity contribution in [3.63, 3.8) is 0 Å². The number of ether oxygens (including phenoxy) is 1. The Bertz CT molecular complexity index is 1220. The number of carbonyl (C=O) groups is 1. The van der Waals surface area contributed by atoms with Crippen molar-refractivity contribution in [3.8, 4) is 5.75 Å². The molecular weight excluding hydrogens is 448 g/mol. The smallest absolute Gasteiger partial charge is 0.303 e. The van der Waals surface area contributed by atoms with Crippen molar-refractivity contribution in [2.75, 3.05) is 12.4 Å². The topological polar surface area (TPSA) is 131 Å². The van der Waals surface area contributed by atoms with E-state index in [1.54, 1.807) is 24.3 Å². The molecule has 9 nitrogen and oxygen atoms in total. The van der Waals surface area contributed by atoms with Gasteiger partial charge in [-0.05, 0) is 43.5 Å². The van der Waals surface area contributed by atoms with Gasteiger partial charge in [-0.1, -0.05) is 0 Å². The fourth-order valence-corrected chi connectivity index (χ4v) is 3.69. The molecule has 0 radical (unpaired) electrons. The van der Waals surface area contributed by atoms with Gasteiger partial charge in [-0.2, -0.15) is 8.42 Å². The Morgan fingerprint density at radius 3 is 2.79 bits per heavy atom. The van der Waals surface area contributed by atoms with E-state index in [1.165, 1.54) is 0 Å². The van der Waals surface area contributed by atoms with Gasteiger partial charge in [0.1, 0.15) is 17.8 Å². The monoisotopic (exact) mass is 475 g/mol. The third-order valence-corrected chi connectivity index (χ3v) is 5.60. The van der Waals surface area contributed by atoms with Crippen LogP contribution in [0.5, 0.6) is 5.75 Å². The molecule has 0 unspecified atom stereocenters. The lowest BCUT2D eigenvalue weighted by atomic mass is 10.2. The Morgan fingerprint density at radius 1 is 1.15 bits per heavy atom. The maximum Gasteiger partial charge on any atom is 0.303 e. The number of hydrogen-bond acceptors (Lipinski definition) is 6. The maximum absolute atomic E-state index is 10.7. The molecule has 0 saturated carbocycles. The molecule has 176 valence electrons. The molecule has 0 atom stereocenters. The van der Waals surface area contributed by atoms with Gasteiger partial charge in [-0.15, -0.1) is 0 Å². The van der Waals surface area contributed by atoms with Crippen molar-refractivity contribution in [1.82, 2.24) is 4.98 Å². The second kappa shape index (κ2) is 11.6. The highest BCUT2D eigenvalue weighted by Gasteiger charge is 2.08. The number of rotatable bonds is 13. The van der Waals surface area contributed by atoms with Gasteiger partial charge < -0.3 is 14.3 Å². The number of fused-ring (bicyclic) bond motifs is 1. The molecule has 0 fully saturated rings. The van der Waals surface area contributed by atoms with Crippen molar-refractivity contribution in [3.05, 3.63) is 54.2 Å². The van der Waals surface area contributed by atoms with E-state index in [-0.39, 0.29) is 25.2 Å². The highest BCUT2D eigenvalue weighted by atomic mass is 32.2. The second-order valence-corrected chi connectivity index (χ2v) is 9.15. The molecule has 10 heteroatoms.